The van der Waals surface area contributed by atoms with Crippen molar-refractivity contribution in [3.05, 3.63) is 46.3 Å². The summed E-state index contributed by atoms with van der Waals surface area (Å²) in [5.74, 6) is -0.138. The molecule has 1 aromatic heterocycles. The van der Waals surface area contributed by atoms with E-state index in [-0.39, 0.29) is 29.1 Å². The number of Topliss-reactive ketones (excluding diaryl/α,β-unsaturated/α-hetero) is 1. The van der Waals surface area contributed by atoms with Crippen LogP contribution in [0.2, 0.25) is 0 Å². The number of anilines is 1. The van der Waals surface area contributed by atoms with Gasteiger partial charge < -0.3 is 20.5 Å². The normalized spacial score (nSPS) is 22.1. The minimum atomic E-state index is -0.492. The first kappa shape index (κ1) is 24.0. The van der Waals surface area contributed by atoms with Gasteiger partial charge in [0.05, 0.1) is 5.56 Å². The molecular weight excluding hydrogens is 428 g/mol. The number of ketones is 1. The topological polar surface area (TPSA) is 97.4 Å². The van der Waals surface area contributed by atoms with Crippen LogP contribution >= 0.6 is 0 Å². The van der Waals surface area contributed by atoms with Gasteiger partial charge in [0.1, 0.15) is 0 Å². The van der Waals surface area contributed by atoms with Crippen LogP contribution < -0.4 is 11.1 Å². The zero-order chi connectivity index (χ0) is 24.9. The van der Waals surface area contributed by atoms with Gasteiger partial charge in [0.2, 0.25) is 5.91 Å². The van der Waals surface area contributed by atoms with Crippen LogP contribution in [0.25, 0.3) is 5.69 Å². The zero-order valence-corrected chi connectivity index (χ0v) is 21.1. The Balaban J connectivity index is 1.98. The SMILES string of the molecule is CC(=O)N1CCc2c(C)c3c(n2-c2ccc(C(N)=O)c(c2)N[C@@H](C)[C@H](C)C1)CC(C)(C)CC3=O. The molecule has 3 N–H and O–H groups in total. The van der Waals surface area contributed by atoms with E-state index in [4.69, 9.17) is 5.73 Å². The highest BCUT2D eigenvalue weighted by Crippen LogP contribution is 2.40. The Morgan fingerprint density at radius 2 is 1.85 bits per heavy atom. The summed E-state index contributed by atoms with van der Waals surface area (Å²) in [6.45, 7) is 13.2. The Morgan fingerprint density at radius 1 is 1.15 bits per heavy atom. The summed E-state index contributed by atoms with van der Waals surface area (Å²) in [7, 11) is 0. The molecule has 1 aromatic carbocycles. The zero-order valence-electron chi connectivity index (χ0n) is 21.1. The molecule has 2 bridgehead atoms. The molecule has 0 fully saturated rings. The third-order valence-corrected chi connectivity index (χ3v) is 7.54. The summed E-state index contributed by atoms with van der Waals surface area (Å²) in [6.07, 6.45) is 1.94. The molecule has 0 spiro atoms. The van der Waals surface area contributed by atoms with E-state index in [9.17, 15) is 14.4 Å². The number of nitrogens with two attached hydrogens (primary N) is 1. The molecule has 4 rings (SSSR count). The lowest BCUT2D eigenvalue weighted by atomic mass is 9.75. The highest BCUT2D eigenvalue weighted by molar-refractivity contribution is 6.01. The van der Waals surface area contributed by atoms with Crippen LogP contribution in [0.1, 0.15) is 78.7 Å². The van der Waals surface area contributed by atoms with Gasteiger partial charge in [-0.05, 0) is 55.4 Å². The first-order valence-corrected chi connectivity index (χ1v) is 12.1. The molecule has 2 atom stereocenters. The number of aromatic nitrogens is 1. The fourth-order valence-electron chi connectivity index (χ4n) is 5.51. The maximum Gasteiger partial charge on any atom is 0.250 e. The number of fused-ring (bicyclic) bond motifs is 6. The Bertz CT molecular complexity index is 1180. The number of hydrogen-bond acceptors (Lipinski definition) is 4. The lowest BCUT2D eigenvalue weighted by molar-refractivity contribution is -0.129. The van der Waals surface area contributed by atoms with Crippen molar-refractivity contribution in [1.29, 1.82) is 0 Å². The van der Waals surface area contributed by atoms with Gasteiger partial charge in [-0.3, -0.25) is 14.4 Å². The Hall–Kier alpha value is -3.09. The van der Waals surface area contributed by atoms with Crippen molar-refractivity contribution >= 4 is 23.3 Å². The molecule has 2 aliphatic rings. The van der Waals surface area contributed by atoms with Gasteiger partial charge in [0.25, 0.3) is 5.91 Å². The average Bonchev–Trinajstić information content (AvgIpc) is 2.99. The van der Waals surface area contributed by atoms with Crippen molar-refractivity contribution in [2.45, 2.75) is 66.8 Å². The molecule has 2 heterocycles. The van der Waals surface area contributed by atoms with Crippen LogP contribution in [0.5, 0.6) is 0 Å². The number of hydrogen-bond donors (Lipinski definition) is 2. The summed E-state index contributed by atoms with van der Waals surface area (Å²) >= 11 is 0. The molecule has 2 amide bonds. The molecule has 182 valence electrons. The summed E-state index contributed by atoms with van der Waals surface area (Å²) in [5, 5.41) is 3.48. The second-order valence-electron chi connectivity index (χ2n) is 10.9. The number of benzene rings is 1. The quantitative estimate of drug-likeness (QED) is 0.669. The minimum absolute atomic E-state index is 0.00919. The lowest BCUT2D eigenvalue weighted by Gasteiger charge is -2.32. The molecule has 2 aromatic rings. The predicted octanol–water partition coefficient (Wildman–Crippen LogP) is 3.88. The minimum Gasteiger partial charge on any atom is -0.382 e. The summed E-state index contributed by atoms with van der Waals surface area (Å²) in [5.41, 5.74) is 11.4. The molecular formula is C27H36N4O3. The molecule has 1 aliphatic heterocycles. The van der Waals surface area contributed by atoms with Crippen LogP contribution in [0, 0.1) is 18.3 Å². The number of nitrogens with one attached hydrogen (secondary N) is 1. The van der Waals surface area contributed by atoms with Crippen molar-refractivity contribution in [1.82, 2.24) is 9.47 Å². The van der Waals surface area contributed by atoms with E-state index < -0.39 is 5.91 Å². The van der Waals surface area contributed by atoms with Crippen LogP contribution in [-0.4, -0.2) is 46.2 Å². The summed E-state index contributed by atoms with van der Waals surface area (Å²) in [4.78, 5) is 39.8. The molecule has 0 saturated heterocycles. The molecule has 34 heavy (non-hydrogen) atoms. The smallest absolute Gasteiger partial charge is 0.250 e. The van der Waals surface area contributed by atoms with Crippen LogP contribution in [0.3, 0.4) is 0 Å². The van der Waals surface area contributed by atoms with Crippen LogP contribution in [0.15, 0.2) is 18.2 Å². The predicted molar refractivity (Wildman–Crippen MR) is 134 cm³/mol. The van der Waals surface area contributed by atoms with Crippen molar-refractivity contribution in [3.8, 4) is 5.69 Å². The number of primary amides is 1. The summed E-state index contributed by atoms with van der Waals surface area (Å²) < 4.78 is 2.19. The van der Waals surface area contributed by atoms with Gasteiger partial charge in [-0.25, -0.2) is 0 Å². The fraction of sp³-hybridized carbons (Fsp3) is 0.519. The van der Waals surface area contributed by atoms with E-state index >= 15 is 0 Å². The molecule has 0 unspecified atom stereocenters. The Kier molecular flexibility index (Phi) is 6.08. The monoisotopic (exact) mass is 464 g/mol. The standard InChI is InChI=1S/C27H36N4O3/c1-15-14-30(18(4)32)10-9-22-16(2)25-23(12-27(5,6)13-24(25)33)31(22)19-7-8-20(26(28)34)21(11-19)29-17(15)3/h7-8,11,15,17,29H,9-10,12-14H2,1-6H3,(H2,28,34)/t15-,17+/m1/s1. The molecule has 7 heteroatoms. The van der Waals surface area contributed by atoms with E-state index in [2.05, 4.69) is 37.6 Å². The van der Waals surface area contributed by atoms with Crippen molar-refractivity contribution < 1.29 is 14.4 Å². The number of nitrogens with zero attached hydrogens (tertiary/aromatic N) is 2. The Morgan fingerprint density at radius 3 is 2.50 bits per heavy atom. The van der Waals surface area contributed by atoms with E-state index in [1.54, 1.807) is 13.0 Å². The number of rotatable bonds is 1. The maximum atomic E-state index is 13.2. The van der Waals surface area contributed by atoms with Gasteiger partial charge in [0, 0.05) is 67.2 Å². The van der Waals surface area contributed by atoms with E-state index in [1.165, 1.54) is 0 Å². The molecule has 0 radical (unpaired) electrons. The van der Waals surface area contributed by atoms with Crippen molar-refractivity contribution in [2.75, 3.05) is 18.4 Å². The highest BCUT2D eigenvalue weighted by atomic mass is 16.2. The lowest BCUT2D eigenvalue weighted by Crippen LogP contribution is -2.40. The van der Waals surface area contributed by atoms with Gasteiger partial charge >= 0.3 is 0 Å². The average molecular weight is 465 g/mol. The Labute approximate surface area is 201 Å². The molecule has 0 saturated carbocycles. The molecule has 1 aliphatic carbocycles. The highest BCUT2D eigenvalue weighted by Gasteiger charge is 2.37. The second-order valence-corrected chi connectivity index (χ2v) is 10.9. The molecule has 7 nitrogen and oxygen atoms in total. The third kappa shape index (κ3) is 4.24. The second kappa shape index (κ2) is 8.60. The van der Waals surface area contributed by atoms with Crippen molar-refractivity contribution in [3.63, 3.8) is 0 Å². The summed E-state index contributed by atoms with van der Waals surface area (Å²) in [6, 6.07) is 5.66. The third-order valence-electron chi connectivity index (χ3n) is 7.54. The van der Waals surface area contributed by atoms with E-state index in [1.807, 2.05) is 24.0 Å². The first-order valence-electron chi connectivity index (χ1n) is 12.1. The van der Waals surface area contributed by atoms with Crippen molar-refractivity contribution in [2.24, 2.45) is 17.1 Å². The first-order chi connectivity index (χ1) is 15.9. The van der Waals surface area contributed by atoms with Crippen LogP contribution in [-0.2, 0) is 17.6 Å². The van der Waals surface area contributed by atoms with E-state index in [0.717, 1.165) is 34.6 Å². The number of carbonyl (C=O) groups excluding carboxylic acids is 3. The number of amides is 2. The van der Waals surface area contributed by atoms with Gasteiger partial charge in [-0.15, -0.1) is 0 Å². The van der Waals surface area contributed by atoms with Gasteiger partial charge in [-0.2, -0.15) is 0 Å². The van der Waals surface area contributed by atoms with E-state index in [0.29, 0.717) is 37.2 Å². The van der Waals surface area contributed by atoms with Gasteiger partial charge in [-0.1, -0.05) is 20.8 Å². The maximum absolute atomic E-state index is 13.2. The van der Waals surface area contributed by atoms with Gasteiger partial charge in [0.15, 0.2) is 5.78 Å². The van der Waals surface area contributed by atoms with Crippen LogP contribution in [0.4, 0.5) is 5.69 Å². The fourth-order valence-corrected chi connectivity index (χ4v) is 5.51. The largest absolute Gasteiger partial charge is 0.382 e. The number of carbonyl (C=O) groups is 3.